The third-order valence-corrected chi connectivity index (χ3v) is 7.01. The largest absolute Gasteiger partial charge is 0.497 e. The maximum Gasteiger partial charge on any atom is 0.330 e. The zero-order valence-corrected chi connectivity index (χ0v) is 19.2. The van der Waals surface area contributed by atoms with E-state index < -0.39 is 17.6 Å². The molecule has 0 spiro atoms. The molecule has 2 aliphatic heterocycles. The van der Waals surface area contributed by atoms with Gasteiger partial charge in [-0.15, -0.1) is 0 Å². The Morgan fingerprint density at radius 3 is 2.67 bits per heavy atom. The highest BCUT2D eigenvalue weighted by Crippen LogP contribution is 2.45. The van der Waals surface area contributed by atoms with Gasteiger partial charge >= 0.3 is 12.0 Å². The number of fused-ring (bicyclic) bond motifs is 2. The first kappa shape index (κ1) is 23.1. The van der Waals surface area contributed by atoms with Crippen LogP contribution in [-0.4, -0.2) is 64.6 Å². The van der Waals surface area contributed by atoms with E-state index in [1.54, 1.807) is 12.0 Å². The van der Waals surface area contributed by atoms with Crippen LogP contribution in [-0.2, 0) is 16.1 Å². The lowest BCUT2D eigenvalue weighted by molar-refractivity contribution is -0.144. The smallest absolute Gasteiger partial charge is 0.330 e. The highest BCUT2D eigenvalue weighted by molar-refractivity contribution is 5.94. The first-order chi connectivity index (χ1) is 15.9. The Hall–Kier alpha value is -3.03. The second kappa shape index (κ2) is 9.85. The van der Waals surface area contributed by atoms with Crippen molar-refractivity contribution < 1.29 is 24.2 Å². The summed E-state index contributed by atoms with van der Waals surface area (Å²) < 4.78 is 5.23. The SMILES string of the molecule is COc1ccc(CN2CCCCC/C=C\[C@H]3C[C@@]3(C(=O)O)NC(=O)[C@@H]3CCCN3C2=O)cc1. The number of carboxylic acids is 1. The summed E-state index contributed by atoms with van der Waals surface area (Å²) in [4.78, 5) is 42.1. The molecule has 178 valence electrons. The molecule has 0 bridgehead atoms. The van der Waals surface area contributed by atoms with Crippen LogP contribution < -0.4 is 10.1 Å². The fourth-order valence-electron chi connectivity index (χ4n) is 4.91. The molecule has 4 rings (SSSR count). The van der Waals surface area contributed by atoms with E-state index in [0.717, 1.165) is 43.4 Å². The number of aliphatic carboxylic acids is 1. The van der Waals surface area contributed by atoms with E-state index in [4.69, 9.17) is 4.74 Å². The lowest BCUT2D eigenvalue weighted by Crippen LogP contribution is -2.55. The number of allylic oxidation sites excluding steroid dienone is 1. The van der Waals surface area contributed by atoms with Gasteiger partial charge in [0.25, 0.3) is 0 Å². The Morgan fingerprint density at radius 2 is 1.94 bits per heavy atom. The monoisotopic (exact) mass is 455 g/mol. The van der Waals surface area contributed by atoms with Gasteiger partial charge in [-0.05, 0) is 56.2 Å². The van der Waals surface area contributed by atoms with Crippen molar-refractivity contribution in [3.8, 4) is 5.75 Å². The van der Waals surface area contributed by atoms with E-state index >= 15 is 0 Å². The second-order valence-corrected chi connectivity index (χ2v) is 9.26. The van der Waals surface area contributed by atoms with Crippen molar-refractivity contribution in [3.63, 3.8) is 0 Å². The van der Waals surface area contributed by atoms with Crippen molar-refractivity contribution in [1.82, 2.24) is 15.1 Å². The van der Waals surface area contributed by atoms with Crippen molar-refractivity contribution in [2.75, 3.05) is 20.2 Å². The first-order valence-corrected chi connectivity index (χ1v) is 11.8. The molecule has 2 heterocycles. The van der Waals surface area contributed by atoms with Crippen LogP contribution >= 0.6 is 0 Å². The normalized spacial score (nSPS) is 29.2. The zero-order chi connectivity index (χ0) is 23.4. The number of nitrogens with one attached hydrogen (secondary N) is 1. The molecule has 3 aliphatic rings. The predicted molar refractivity (Wildman–Crippen MR) is 123 cm³/mol. The molecule has 3 atom stereocenters. The van der Waals surface area contributed by atoms with Crippen LogP contribution in [0.1, 0.15) is 50.5 Å². The third-order valence-electron chi connectivity index (χ3n) is 7.01. The molecule has 2 N–H and O–H groups in total. The van der Waals surface area contributed by atoms with Gasteiger partial charge < -0.3 is 25.0 Å². The summed E-state index contributed by atoms with van der Waals surface area (Å²) in [6.07, 6.45) is 9.33. The highest BCUT2D eigenvalue weighted by Gasteiger charge is 2.61. The number of nitrogens with zero attached hydrogens (tertiary/aromatic N) is 2. The molecule has 8 heteroatoms. The quantitative estimate of drug-likeness (QED) is 0.680. The molecule has 2 fully saturated rings. The Bertz CT molecular complexity index is 915. The molecular weight excluding hydrogens is 422 g/mol. The van der Waals surface area contributed by atoms with Gasteiger partial charge in [0.05, 0.1) is 7.11 Å². The molecule has 1 saturated carbocycles. The molecule has 0 unspecified atom stereocenters. The molecule has 33 heavy (non-hydrogen) atoms. The Balaban J connectivity index is 1.55. The van der Waals surface area contributed by atoms with Crippen LogP contribution in [0.5, 0.6) is 5.75 Å². The number of hydrogen-bond acceptors (Lipinski definition) is 4. The average Bonchev–Trinajstić information content (AvgIpc) is 3.27. The Labute approximate surface area is 194 Å². The van der Waals surface area contributed by atoms with Gasteiger partial charge in [0.1, 0.15) is 17.3 Å². The fraction of sp³-hybridized carbons (Fsp3) is 0.560. The number of rotatable bonds is 4. The number of carbonyl (C=O) groups is 3. The van der Waals surface area contributed by atoms with Gasteiger partial charge in [0.15, 0.2) is 0 Å². The summed E-state index contributed by atoms with van der Waals surface area (Å²) in [5.41, 5.74) is -0.246. The van der Waals surface area contributed by atoms with Crippen LogP contribution in [0.3, 0.4) is 0 Å². The molecule has 1 aromatic carbocycles. The van der Waals surface area contributed by atoms with E-state index in [9.17, 15) is 19.5 Å². The maximum absolute atomic E-state index is 13.6. The molecule has 0 aromatic heterocycles. The van der Waals surface area contributed by atoms with Gasteiger partial charge in [-0.2, -0.15) is 0 Å². The van der Waals surface area contributed by atoms with Crippen LogP contribution in [0, 0.1) is 5.92 Å². The lowest BCUT2D eigenvalue weighted by atomic mass is 10.1. The summed E-state index contributed by atoms with van der Waals surface area (Å²) in [7, 11) is 1.62. The summed E-state index contributed by atoms with van der Waals surface area (Å²) in [6.45, 7) is 1.56. The minimum absolute atomic E-state index is 0.159. The number of urea groups is 1. The molecule has 0 radical (unpaired) electrons. The Morgan fingerprint density at radius 1 is 1.15 bits per heavy atom. The molecule has 1 saturated heterocycles. The van der Waals surface area contributed by atoms with Crippen molar-refractivity contribution in [3.05, 3.63) is 42.0 Å². The van der Waals surface area contributed by atoms with Crippen molar-refractivity contribution in [1.29, 1.82) is 0 Å². The van der Waals surface area contributed by atoms with Crippen molar-refractivity contribution in [2.24, 2.45) is 5.92 Å². The van der Waals surface area contributed by atoms with Gasteiger partial charge in [-0.25, -0.2) is 9.59 Å². The van der Waals surface area contributed by atoms with Gasteiger partial charge in [0.2, 0.25) is 5.91 Å². The molecule has 3 amide bonds. The van der Waals surface area contributed by atoms with E-state index in [-0.39, 0.29) is 17.9 Å². The van der Waals surface area contributed by atoms with Crippen LogP contribution in [0.2, 0.25) is 0 Å². The number of benzene rings is 1. The minimum Gasteiger partial charge on any atom is -0.497 e. The van der Waals surface area contributed by atoms with Gasteiger partial charge in [0, 0.05) is 25.6 Å². The number of ether oxygens (including phenoxy) is 1. The summed E-state index contributed by atoms with van der Waals surface area (Å²) in [5.74, 6) is -0.802. The maximum atomic E-state index is 13.6. The molecule has 1 aromatic rings. The first-order valence-electron chi connectivity index (χ1n) is 11.8. The minimum atomic E-state index is -1.24. The van der Waals surface area contributed by atoms with Gasteiger partial charge in [-0.1, -0.05) is 30.7 Å². The number of carboxylic acid groups (broad SMARTS) is 1. The van der Waals surface area contributed by atoms with Crippen molar-refractivity contribution in [2.45, 2.75) is 63.1 Å². The van der Waals surface area contributed by atoms with E-state index in [2.05, 4.69) is 5.32 Å². The third kappa shape index (κ3) is 4.99. The van der Waals surface area contributed by atoms with Gasteiger partial charge in [-0.3, -0.25) is 4.79 Å². The van der Waals surface area contributed by atoms with Crippen LogP contribution in [0.4, 0.5) is 4.79 Å². The topological polar surface area (TPSA) is 99.2 Å². The van der Waals surface area contributed by atoms with E-state index in [1.165, 1.54) is 0 Å². The van der Waals surface area contributed by atoms with Crippen LogP contribution in [0.15, 0.2) is 36.4 Å². The second-order valence-electron chi connectivity index (χ2n) is 9.26. The molecule has 1 aliphatic carbocycles. The summed E-state index contributed by atoms with van der Waals surface area (Å²) in [6, 6.07) is 6.86. The highest BCUT2D eigenvalue weighted by atomic mass is 16.5. The number of hydrogen-bond donors (Lipinski definition) is 2. The number of amides is 3. The number of carbonyl (C=O) groups excluding carboxylic acids is 2. The Kier molecular flexibility index (Phi) is 6.91. The predicted octanol–water partition coefficient (Wildman–Crippen LogP) is 3.17. The summed E-state index contributed by atoms with van der Waals surface area (Å²) >= 11 is 0. The standard InChI is InChI=1S/C25H33N3O5/c1-33-20-12-10-18(11-13-20)17-27-14-6-4-2-3-5-8-19-16-25(19,23(30)31)26-22(29)21-9-7-15-28(21)24(27)32/h5,8,10-13,19,21H,2-4,6-7,9,14-17H2,1H3,(H,26,29)(H,30,31)/b8-5-/t19-,21-,25+/m0/s1. The van der Waals surface area contributed by atoms with Crippen molar-refractivity contribution >= 4 is 17.9 Å². The zero-order valence-electron chi connectivity index (χ0n) is 19.2. The van der Waals surface area contributed by atoms with Crippen LogP contribution in [0.25, 0.3) is 0 Å². The van der Waals surface area contributed by atoms with E-state index in [0.29, 0.717) is 32.5 Å². The lowest BCUT2D eigenvalue weighted by Gasteiger charge is -2.32. The molecular formula is C25H33N3O5. The average molecular weight is 456 g/mol. The molecule has 8 nitrogen and oxygen atoms in total. The summed E-state index contributed by atoms with van der Waals surface area (Å²) in [5, 5.41) is 12.6. The van der Waals surface area contributed by atoms with E-state index in [1.807, 2.05) is 41.3 Å². The fourth-order valence-corrected chi connectivity index (χ4v) is 4.91. The number of methoxy groups -OCH3 is 1.